The van der Waals surface area contributed by atoms with Crippen LogP contribution in [0.4, 0.5) is 0 Å². The fourth-order valence-corrected chi connectivity index (χ4v) is 2.18. The molecule has 1 unspecified atom stereocenters. The highest BCUT2D eigenvalue weighted by molar-refractivity contribution is 7.10. The van der Waals surface area contributed by atoms with Crippen LogP contribution in [0.1, 0.15) is 23.5 Å². The van der Waals surface area contributed by atoms with Gasteiger partial charge < -0.3 is 9.84 Å². The fourth-order valence-electron chi connectivity index (χ4n) is 1.44. The number of hydrogen-bond donors (Lipinski definition) is 1. The zero-order valence-electron chi connectivity index (χ0n) is 8.96. The van der Waals surface area contributed by atoms with Crippen molar-refractivity contribution in [1.82, 2.24) is 4.98 Å². The first-order valence-electron chi connectivity index (χ1n) is 5.10. The number of nitrogens with zero attached hydrogens (tertiary/aromatic N) is 1. The van der Waals surface area contributed by atoms with E-state index in [1.165, 1.54) is 11.3 Å². The van der Waals surface area contributed by atoms with Crippen molar-refractivity contribution in [2.24, 2.45) is 0 Å². The van der Waals surface area contributed by atoms with Gasteiger partial charge in [-0.1, -0.05) is 6.07 Å². The molecule has 0 saturated carbocycles. The standard InChI is InChI=1S/C12H13NO2S/c1-2-15-10-6-9(7-13-8-10)12(14)11-4-3-5-16-11/h3-8,12,14H,2H2,1H3. The molecule has 1 N–H and O–H groups in total. The maximum atomic E-state index is 10.1. The molecule has 2 rings (SSSR count). The lowest BCUT2D eigenvalue weighted by Gasteiger charge is -2.10. The molecule has 1 atom stereocenters. The van der Waals surface area contributed by atoms with E-state index < -0.39 is 6.10 Å². The topological polar surface area (TPSA) is 42.4 Å². The first-order chi connectivity index (χ1) is 7.81. The summed E-state index contributed by atoms with van der Waals surface area (Å²) in [5, 5.41) is 12.0. The minimum absolute atomic E-state index is 0.597. The highest BCUT2D eigenvalue weighted by Crippen LogP contribution is 2.27. The van der Waals surface area contributed by atoms with Gasteiger partial charge in [-0.25, -0.2) is 0 Å². The monoisotopic (exact) mass is 235 g/mol. The summed E-state index contributed by atoms with van der Waals surface area (Å²) in [5.41, 5.74) is 0.758. The second-order valence-electron chi connectivity index (χ2n) is 3.30. The summed E-state index contributed by atoms with van der Waals surface area (Å²) in [7, 11) is 0. The molecule has 0 radical (unpaired) electrons. The lowest BCUT2D eigenvalue weighted by atomic mass is 10.1. The predicted molar refractivity (Wildman–Crippen MR) is 63.8 cm³/mol. The summed E-state index contributed by atoms with van der Waals surface area (Å²) < 4.78 is 5.34. The highest BCUT2D eigenvalue weighted by atomic mass is 32.1. The second kappa shape index (κ2) is 5.09. The Labute approximate surface area is 98.4 Å². The van der Waals surface area contributed by atoms with Crippen LogP contribution in [0.15, 0.2) is 36.0 Å². The molecule has 2 aromatic rings. The maximum absolute atomic E-state index is 10.1. The van der Waals surface area contributed by atoms with Crippen LogP contribution in [-0.2, 0) is 0 Å². The van der Waals surface area contributed by atoms with E-state index in [1.807, 2.05) is 30.5 Å². The van der Waals surface area contributed by atoms with Crippen molar-refractivity contribution in [1.29, 1.82) is 0 Å². The van der Waals surface area contributed by atoms with Gasteiger partial charge in [-0.2, -0.15) is 0 Å². The van der Waals surface area contributed by atoms with E-state index in [2.05, 4.69) is 4.98 Å². The van der Waals surface area contributed by atoms with Gasteiger partial charge in [0.05, 0.1) is 12.8 Å². The molecule has 84 valence electrons. The second-order valence-corrected chi connectivity index (χ2v) is 4.28. The molecule has 0 bridgehead atoms. The van der Waals surface area contributed by atoms with Crippen molar-refractivity contribution in [3.8, 4) is 5.75 Å². The average molecular weight is 235 g/mol. The lowest BCUT2D eigenvalue weighted by Crippen LogP contribution is -1.99. The summed E-state index contributed by atoms with van der Waals surface area (Å²) in [6.07, 6.45) is 2.69. The van der Waals surface area contributed by atoms with E-state index in [4.69, 9.17) is 4.74 Å². The number of aromatic nitrogens is 1. The molecular weight excluding hydrogens is 222 g/mol. The van der Waals surface area contributed by atoms with Gasteiger partial charge in [-0.05, 0) is 24.4 Å². The molecule has 0 spiro atoms. The molecule has 0 saturated heterocycles. The molecule has 0 aliphatic carbocycles. The van der Waals surface area contributed by atoms with E-state index in [1.54, 1.807) is 12.4 Å². The minimum atomic E-state index is -0.618. The first kappa shape index (κ1) is 11.1. The molecule has 0 aromatic carbocycles. The molecule has 2 aromatic heterocycles. The number of hydrogen-bond acceptors (Lipinski definition) is 4. The van der Waals surface area contributed by atoms with Gasteiger partial charge in [0.1, 0.15) is 11.9 Å². The van der Waals surface area contributed by atoms with Gasteiger partial charge >= 0.3 is 0 Å². The van der Waals surface area contributed by atoms with E-state index in [0.29, 0.717) is 12.4 Å². The van der Waals surface area contributed by atoms with Crippen molar-refractivity contribution in [2.75, 3.05) is 6.61 Å². The molecule has 0 aliphatic heterocycles. The normalized spacial score (nSPS) is 12.4. The third-order valence-electron chi connectivity index (χ3n) is 2.17. The van der Waals surface area contributed by atoms with Crippen LogP contribution in [-0.4, -0.2) is 16.7 Å². The molecule has 2 heterocycles. The maximum Gasteiger partial charge on any atom is 0.137 e. The molecule has 4 heteroatoms. The highest BCUT2D eigenvalue weighted by Gasteiger charge is 2.12. The molecule has 0 amide bonds. The fraction of sp³-hybridized carbons (Fsp3) is 0.250. The van der Waals surface area contributed by atoms with Crippen molar-refractivity contribution in [3.05, 3.63) is 46.4 Å². The smallest absolute Gasteiger partial charge is 0.137 e. The van der Waals surface area contributed by atoms with Gasteiger partial charge in [0, 0.05) is 16.6 Å². The Kier molecular flexibility index (Phi) is 3.54. The molecule has 16 heavy (non-hydrogen) atoms. The zero-order valence-corrected chi connectivity index (χ0v) is 9.78. The van der Waals surface area contributed by atoms with Crippen molar-refractivity contribution >= 4 is 11.3 Å². The van der Waals surface area contributed by atoms with Gasteiger partial charge in [-0.3, -0.25) is 4.98 Å². The van der Waals surface area contributed by atoms with E-state index in [-0.39, 0.29) is 0 Å². The number of aliphatic hydroxyl groups is 1. The first-order valence-corrected chi connectivity index (χ1v) is 5.98. The van der Waals surface area contributed by atoms with Crippen LogP contribution in [0.25, 0.3) is 0 Å². The molecular formula is C12H13NO2S. The van der Waals surface area contributed by atoms with Gasteiger partial charge in [-0.15, -0.1) is 11.3 Å². The van der Waals surface area contributed by atoms with Gasteiger partial charge in [0.15, 0.2) is 0 Å². The number of rotatable bonds is 4. The van der Waals surface area contributed by atoms with Crippen molar-refractivity contribution < 1.29 is 9.84 Å². The van der Waals surface area contributed by atoms with E-state index >= 15 is 0 Å². The summed E-state index contributed by atoms with van der Waals surface area (Å²) in [6.45, 7) is 2.52. The summed E-state index contributed by atoms with van der Waals surface area (Å²) >= 11 is 1.53. The molecule has 0 aliphatic rings. The predicted octanol–water partition coefficient (Wildman–Crippen LogP) is 2.62. The molecule has 0 fully saturated rings. The zero-order chi connectivity index (χ0) is 11.4. The third-order valence-corrected chi connectivity index (χ3v) is 3.10. The Morgan fingerprint density at radius 2 is 2.38 bits per heavy atom. The summed E-state index contributed by atoms with van der Waals surface area (Å²) in [4.78, 5) is 4.97. The number of pyridine rings is 1. The van der Waals surface area contributed by atoms with Crippen LogP contribution < -0.4 is 4.74 Å². The number of ether oxygens (including phenoxy) is 1. The van der Waals surface area contributed by atoms with Crippen LogP contribution in [0.3, 0.4) is 0 Å². The largest absolute Gasteiger partial charge is 0.492 e. The summed E-state index contributed by atoms with van der Waals surface area (Å²) in [6, 6.07) is 5.65. The minimum Gasteiger partial charge on any atom is -0.492 e. The SMILES string of the molecule is CCOc1cncc(C(O)c2cccs2)c1. The Hall–Kier alpha value is -1.39. The lowest BCUT2D eigenvalue weighted by molar-refractivity contribution is 0.222. The Bertz CT molecular complexity index is 442. The number of thiophene rings is 1. The van der Waals surface area contributed by atoms with Crippen LogP contribution in [0.5, 0.6) is 5.75 Å². The third kappa shape index (κ3) is 2.40. The molecule has 3 nitrogen and oxygen atoms in total. The average Bonchev–Trinajstić information content (AvgIpc) is 2.82. The summed E-state index contributed by atoms with van der Waals surface area (Å²) in [5.74, 6) is 0.690. The van der Waals surface area contributed by atoms with Crippen molar-refractivity contribution in [3.63, 3.8) is 0 Å². The van der Waals surface area contributed by atoms with E-state index in [0.717, 1.165) is 10.4 Å². The van der Waals surface area contributed by atoms with Crippen LogP contribution >= 0.6 is 11.3 Å². The van der Waals surface area contributed by atoms with Crippen molar-refractivity contribution in [2.45, 2.75) is 13.0 Å². The van der Waals surface area contributed by atoms with E-state index in [9.17, 15) is 5.11 Å². The van der Waals surface area contributed by atoms with Gasteiger partial charge in [0.2, 0.25) is 0 Å². The Morgan fingerprint density at radius 1 is 1.50 bits per heavy atom. The Balaban J connectivity index is 2.23. The number of aliphatic hydroxyl groups excluding tert-OH is 1. The van der Waals surface area contributed by atoms with Crippen LogP contribution in [0.2, 0.25) is 0 Å². The van der Waals surface area contributed by atoms with Gasteiger partial charge in [0.25, 0.3) is 0 Å². The quantitative estimate of drug-likeness (QED) is 0.885. The van der Waals surface area contributed by atoms with Crippen LogP contribution in [0, 0.1) is 0 Å². The Morgan fingerprint density at radius 3 is 3.06 bits per heavy atom.